The summed E-state index contributed by atoms with van der Waals surface area (Å²) in [5, 5.41) is 74.1. The molecular formula is C44H84NO12P. The first-order chi connectivity index (χ1) is 27.8. The Morgan fingerprint density at radius 1 is 0.603 bits per heavy atom. The summed E-state index contributed by atoms with van der Waals surface area (Å²) in [6.07, 6.45) is 23.2. The molecule has 0 aliphatic heterocycles. The molecule has 342 valence electrons. The lowest BCUT2D eigenvalue weighted by molar-refractivity contribution is -0.220. The molecule has 1 aliphatic carbocycles. The molecule has 13 nitrogen and oxygen atoms in total. The lowest BCUT2D eigenvalue weighted by atomic mass is 9.85. The predicted octanol–water partition coefficient (Wildman–Crippen LogP) is 7.20. The van der Waals surface area contributed by atoms with E-state index in [0.717, 1.165) is 44.9 Å². The minimum absolute atomic E-state index is 0.252. The van der Waals surface area contributed by atoms with Crippen LogP contribution in [0, 0.1) is 0 Å². The summed E-state index contributed by atoms with van der Waals surface area (Å²) in [4.78, 5) is 23.3. The highest BCUT2D eigenvalue weighted by molar-refractivity contribution is 7.47. The van der Waals surface area contributed by atoms with Gasteiger partial charge < -0.3 is 46.0 Å². The molecule has 0 aromatic heterocycles. The third-order valence-corrected chi connectivity index (χ3v) is 12.0. The second-order valence-corrected chi connectivity index (χ2v) is 17.9. The third kappa shape index (κ3) is 26.2. The van der Waals surface area contributed by atoms with Crippen LogP contribution < -0.4 is 5.32 Å². The second kappa shape index (κ2) is 34.4. The molecule has 14 heteroatoms. The summed E-state index contributed by atoms with van der Waals surface area (Å²) in [6.45, 7) is 3.66. The van der Waals surface area contributed by atoms with Gasteiger partial charge in [-0.05, 0) is 32.1 Å². The Kier molecular flexibility index (Phi) is 32.5. The number of hydrogen-bond acceptors (Lipinski definition) is 11. The van der Waals surface area contributed by atoms with Gasteiger partial charge in [0.05, 0.1) is 31.3 Å². The Hall–Kier alpha value is -1.22. The van der Waals surface area contributed by atoms with Crippen molar-refractivity contribution in [1.29, 1.82) is 0 Å². The van der Waals surface area contributed by atoms with Crippen LogP contribution in [0.3, 0.4) is 0 Å². The number of phosphoric acid groups is 1. The van der Waals surface area contributed by atoms with Gasteiger partial charge in [0.25, 0.3) is 0 Å². The Bertz CT molecular complexity index is 1100. The molecular weight excluding hydrogens is 765 g/mol. The molecule has 0 heterocycles. The summed E-state index contributed by atoms with van der Waals surface area (Å²) in [6, 6.07) is -1.25. The molecule has 0 radical (unpaired) electrons. The van der Waals surface area contributed by atoms with Crippen LogP contribution in [0.25, 0.3) is 0 Å². The molecule has 0 aromatic rings. The summed E-state index contributed by atoms with van der Waals surface area (Å²) in [7, 11) is -5.14. The van der Waals surface area contributed by atoms with E-state index in [9.17, 15) is 50.0 Å². The lowest BCUT2D eigenvalue weighted by Gasteiger charge is -2.41. The van der Waals surface area contributed by atoms with Crippen LogP contribution in [0.4, 0.5) is 0 Å². The molecule has 1 saturated carbocycles. The summed E-state index contributed by atoms with van der Waals surface area (Å²) < 4.78 is 22.8. The maximum absolute atomic E-state index is 12.9. The number of rotatable bonds is 37. The Balaban J connectivity index is 2.50. The van der Waals surface area contributed by atoms with Crippen LogP contribution in [0.2, 0.25) is 0 Å². The van der Waals surface area contributed by atoms with E-state index in [2.05, 4.69) is 19.2 Å². The molecule has 0 aromatic carbocycles. The number of amides is 1. The van der Waals surface area contributed by atoms with E-state index < -0.39 is 75.2 Å². The van der Waals surface area contributed by atoms with E-state index in [1.165, 1.54) is 115 Å². The van der Waals surface area contributed by atoms with Gasteiger partial charge >= 0.3 is 7.82 Å². The molecule has 9 N–H and O–H groups in total. The topological polar surface area (TPSA) is 226 Å². The Morgan fingerprint density at radius 2 is 1.00 bits per heavy atom. The lowest BCUT2D eigenvalue weighted by Crippen LogP contribution is -2.64. The van der Waals surface area contributed by atoms with Crippen molar-refractivity contribution in [1.82, 2.24) is 5.32 Å². The number of carbonyl (C=O) groups is 1. The molecule has 1 rings (SSSR count). The average molecular weight is 850 g/mol. The molecule has 58 heavy (non-hydrogen) atoms. The number of aliphatic hydroxyl groups excluding tert-OH is 7. The first-order valence-electron chi connectivity index (χ1n) is 22.9. The minimum Gasteiger partial charge on any atom is -0.392 e. The summed E-state index contributed by atoms with van der Waals surface area (Å²) in [5.41, 5.74) is 0. The largest absolute Gasteiger partial charge is 0.472 e. The standard InChI is InChI=1S/C44H84NO12P/c1-3-5-7-9-11-12-13-14-15-16-17-18-19-20-21-22-23-24-26-28-30-32-37(47)36(45-38(48)33-35(46)31-29-27-25-10-8-6-4-2)34-56-58(54,55)57-44-42(52)40(50)39(49)41(51)43(44)53/h27,29-30,32,35-37,39-44,46-47,49-53H,3-26,28,31,33-34H2,1-2H3,(H,45,48)(H,54,55)/b29-27-,32-30+. The molecule has 1 aliphatic rings. The van der Waals surface area contributed by atoms with E-state index in [4.69, 9.17) is 9.05 Å². The van der Waals surface area contributed by atoms with Crippen molar-refractivity contribution in [2.75, 3.05) is 6.61 Å². The van der Waals surface area contributed by atoms with E-state index in [1.54, 1.807) is 6.08 Å². The number of unbranched alkanes of at least 4 members (excludes halogenated alkanes) is 23. The van der Waals surface area contributed by atoms with Crippen LogP contribution in [0.15, 0.2) is 24.3 Å². The molecule has 0 bridgehead atoms. The van der Waals surface area contributed by atoms with E-state index in [1.807, 2.05) is 12.2 Å². The zero-order valence-corrected chi connectivity index (χ0v) is 36.9. The first kappa shape index (κ1) is 54.8. The number of allylic oxidation sites excluding steroid dienone is 2. The number of phosphoric ester groups is 1. The molecule has 0 spiro atoms. The van der Waals surface area contributed by atoms with Crippen molar-refractivity contribution < 1.29 is 59.0 Å². The van der Waals surface area contributed by atoms with Crippen LogP contribution in [-0.2, 0) is 18.4 Å². The molecule has 0 saturated heterocycles. The zero-order valence-electron chi connectivity index (χ0n) is 36.0. The number of nitrogens with one attached hydrogen (secondary N) is 1. The van der Waals surface area contributed by atoms with Crippen LogP contribution >= 0.6 is 7.82 Å². The smallest absolute Gasteiger partial charge is 0.392 e. The van der Waals surface area contributed by atoms with Gasteiger partial charge in [0.1, 0.15) is 36.6 Å². The normalized spacial score (nSPS) is 24.0. The highest BCUT2D eigenvalue weighted by Crippen LogP contribution is 2.47. The monoisotopic (exact) mass is 850 g/mol. The first-order valence-corrected chi connectivity index (χ1v) is 24.4. The Morgan fingerprint density at radius 3 is 1.47 bits per heavy atom. The Labute approximate surface area is 350 Å². The van der Waals surface area contributed by atoms with Gasteiger partial charge in [0, 0.05) is 0 Å². The van der Waals surface area contributed by atoms with Crippen molar-refractivity contribution in [2.45, 2.75) is 242 Å². The minimum atomic E-state index is -5.14. The third-order valence-electron chi connectivity index (χ3n) is 11.0. The number of hydrogen-bond donors (Lipinski definition) is 9. The van der Waals surface area contributed by atoms with Crippen molar-refractivity contribution in [3.8, 4) is 0 Å². The number of aliphatic hydroxyl groups is 7. The number of carbonyl (C=O) groups excluding carboxylic acids is 1. The zero-order chi connectivity index (χ0) is 43.0. The van der Waals surface area contributed by atoms with E-state index >= 15 is 0 Å². The summed E-state index contributed by atoms with van der Waals surface area (Å²) in [5.74, 6) is -0.629. The van der Waals surface area contributed by atoms with Gasteiger partial charge in [-0.1, -0.05) is 173 Å². The molecule has 8 atom stereocenters. The molecule has 1 amide bonds. The van der Waals surface area contributed by atoms with Crippen LogP contribution in [0.5, 0.6) is 0 Å². The van der Waals surface area contributed by atoms with Gasteiger partial charge in [-0.2, -0.15) is 0 Å². The summed E-state index contributed by atoms with van der Waals surface area (Å²) >= 11 is 0. The molecule has 8 unspecified atom stereocenters. The van der Waals surface area contributed by atoms with Crippen molar-refractivity contribution >= 4 is 13.7 Å². The highest BCUT2D eigenvalue weighted by atomic mass is 31.2. The van der Waals surface area contributed by atoms with Crippen molar-refractivity contribution in [3.63, 3.8) is 0 Å². The SMILES string of the molecule is CCCCCC/C=C\CC(O)CC(=O)NC(COP(=O)(O)OC1C(O)C(O)C(O)C(O)C1O)C(O)/C=C/CCCCCCCCCCCCCCCCCCCCC. The maximum Gasteiger partial charge on any atom is 0.472 e. The highest BCUT2D eigenvalue weighted by Gasteiger charge is 2.51. The van der Waals surface area contributed by atoms with Crippen LogP contribution in [0.1, 0.15) is 187 Å². The van der Waals surface area contributed by atoms with Gasteiger partial charge in [0.2, 0.25) is 5.91 Å². The maximum atomic E-state index is 12.9. The quantitative estimate of drug-likeness (QED) is 0.0172. The second-order valence-electron chi connectivity index (χ2n) is 16.4. The van der Waals surface area contributed by atoms with Crippen LogP contribution in [-0.4, -0.2) is 108 Å². The van der Waals surface area contributed by atoms with Gasteiger partial charge in [-0.3, -0.25) is 13.8 Å². The van der Waals surface area contributed by atoms with Gasteiger partial charge in [-0.15, -0.1) is 0 Å². The van der Waals surface area contributed by atoms with E-state index in [0.29, 0.717) is 6.42 Å². The van der Waals surface area contributed by atoms with Crippen molar-refractivity contribution in [2.24, 2.45) is 0 Å². The average Bonchev–Trinajstić information content (AvgIpc) is 3.19. The molecule has 1 fully saturated rings. The van der Waals surface area contributed by atoms with Gasteiger partial charge in [0.15, 0.2) is 0 Å². The fourth-order valence-corrected chi connectivity index (χ4v) is 8.21. The fraction of sp³-hybridized carbons (Fsp3) is 0.886. The predicted molar refractivity (Wildman–Crippen MR) is 229 cm³/mol. The van der Waals surface area contributed by atoms with Gasteiger partial charge in [-0.25, -0.2) is 4.57 Å². The fourth-order valence-electron chi connectivity index (χ4n) is 7.24. The van der Waals surface area contributed by atoms with E-state index in [-0.39, 0.29) is 12.8 Å². The van der Waals surface area contributed by atoms with Crippen molar-refractivity contribution in [3.05, 3.63) is 24.3 Å².